The summed E-state index contributed by atoms with van der Waals surface area (Å²) in [5, 5.41) is 31.2. The lowest BCUT2D eigenvalue weighted by molar-refractivity contribution is -0.134. The second kappa shape index (κ2) is 20.2. The molecule has 0 aromatic heterocycles. The largest absolute Gasteiger partial charge is 0.494 e. The maximum atomic E-state index is 12.4. The Morgan fingerprint density at radius 1 is 0.689 bits per heavy atom. The van der Waals surface area contributed by atoms with Gasteiger partial charge in [-0.15, -0.1) is 0 Å². The summed E-state index contributed by atoms with van der Waals surface area (Å²) in [6, 6.07) is 17.7. The van der Waals surface area contributed by atoms with Crippen LogP contribution in [0.5, 0.6) is 5.75 Å². The van der Waals surface area contributed by atoms with Gasteiger partial charge in [0.15, 0.2) is 5.78 Å². The molecule has 0 spiro atoms. The molecule has 242 valence electrons. The second-order valence-electron chi connectivity index (χ2n) is 10.3. The van der Waals surface area contributed by atoms with Crippen LogP contribution in [-0.4, -0.2) is 105 Å². The summed E-state index contributed by atoms with van der Waals surface area (Å²) in [6.45, 7) is 6.93. The highest BCUT2D eigenvalue weighted by Gasteiger charge is 2.28. The normalized spacial score (nSPS) is 16.4. The van der Waals surface area contributed by atoms with Crippen LogP contribution in [0.3, 0.4) is 0 Å². The molecule has 0 saturated carbocycles. The first-order chi connectivity index (χ1) is 21.5. The fourth-order valence-electron chi connectivity index (χ4n) is 4.79. The van der Waals surface area contributed by atoms with Crippen molar-refractivity contribution in [2.24, 2.45) is 0 Å². The highest BCUT2D eigenvalue weighted by Crippen LogP contribution is 2.21. The molecule has 4 rings (SSSR count). The molecule has 1 atom stereocenters. The predicted molar refractivity (Wildman–Crippen MR) is 166 cm³/mol. The minimum Gasteiger partial charge on any atom is -0.494 e. The van der Waals surface area contributed by atoms with E-state index in [1.54, 1.807) is 0 Å². The van der Waals surface area contributed by atoms with E-state index in [2.05, 4.69) is 9.80 Å². The van der Waals surface area contributed by atoms with E-state index < -0.39 is 23.9 Å². The molecule has 0 bridgehead atoms. The van der Waals surface area contributed by atoms with E-state index in [1.807, 2.05) is 54.6 Å². The number of carboxylic acids is 4. The number of hydrogen-bond acceptors (Lipinski definition) is 8. The van der Waals surface area contributed by atoms with Gasteiger partial charge in [0.25, 0.3) is 0 Å². The highest BCUT2D eigenvalue weighted by atomic mass is 16.5. The monoisotopic (exact) mass is 624 g/mol. The zero-order chi connectivity index (χ0) is 33.0. The van der Waals surface area contributed by atoms with Gasteiger partial charge in [-0.1, -0.05) is 36.8 Å². The van der Waals surface area contributed by atoms with Crippen LogP contribution in [0.2, 0.25) is 0 Å². The van der Waals surface area contributed by atoms with Crippen LogP contribution < -0.4 is 4.74 Å². The topological polar surface area (TPSA) is 182 Å². The Hall–Kier alpha value is -4.81. The predicted octanol–water partition coefficient (Wildman–Crippen LogP) is 3.67. The van der Waals surface area contributed by atoms with Crippen molar-refractivity contribution in [1.29, 1.82) is 0 Å². The van der Waals surface area contributed by atoms with Crippen molar-refractivity contribution in [3.63, 3.8) is 0 Å². The zero-order valence-corrected chi connectivity index (χ0v) is 25.0. The van der Waals surface area contributed by atoms with E-state index in [0.29, 0.717) is 29.9 Å². The molecule has 2 aliphatic rings. The van der Waals surface area contributed by atoms with Gasteiger partial charge in [-0.25, -0.2) is 19.2 Å². The average molecular weight is 625 g/mol. The van der Waals surface area contributed by atoms with Gasteiger partial charge in [-0.05, 0) is 63.0 Å². The van der Waals surface area contributed by atoms with Crippen molar-refractivity contribution in [3.05, 3.63) is 90.0 Å². The minimum atomic E-state index is -1.26. The zero-order valence-electron chi connectivity index (χ0n) is 25.0. The molecule has 2 aliphatic heterocycles. The number of piperidine rings is 1. The van der Waals surface area contributed by atoms with Crippen molar-refractivity contribution >= 4 is 29.7 Å². The maximum Gasteiger partial charge on any atom is 0.328 e. The Morgan fingerprint density at radius 2 is 1.24 bits per heavy atom. The van der Waals surface area contributed by atoms with Crippen LogP contribution in [0, 0.1) is 0 Å². The van der Waals surface area contributed by atoms with E-state index >= 15 is 0 Å². The van der Waals surface area contributed by atoms with Crippen molar-refractivity contribution in [1.82, 2.24) is 9.80 Å². The van der Waals surface area contributed by atoms with Crippen LogP contribution in [-0.2, 0) is 19.2 Å². The summed E-state index contributed by atoms with van der Waals surface area (Å²) < 4.78 is 5.88. The molecular formula is C33H40N2O10. The summed E-state index contributed by atoms with van der Waals surface area (Å²) in [6.07, 6.45) is 8.64. The van der Waals surface area contributed by atoms with E-state index in [1.165, 1.54) is 58.4 Å². The van der Waals surface area contributed by atoms with Crippen molar-refractivity contribution in [2.75, 3.05) is 39.3 Å². The summed E-state index contributed by atoms with van der Waals surface area (Å²) >= 11 is 0. The molecule has 0 aliphatic carbocycles. The number of ketones is 1. The number of rotatable bonds is 12. The molecule has 1 unspecified atom stereocenters. The number of carboxylic acid groups (broad SMARTS) is 4. The van der Waals surface area contributed by atoms with Gasteiger partial charge in [0, 0.05) is 61.1 Å². The maximum absolute atomic E-state index is 12.4. The number of ether oxygens (including phenoxy) is 1. The number of nitrogens with zero attached hydrogens (tertiary/aromatic N) is 2. The fraction of sp³-hybridized carbons (Fsp3) is 0.364. The van der Waals surface area contributed by atoms with Gasteiger partial charge in [0.2, 0.25) is 0 Å². The lowest BCUT2D eigenvalue weighted by Crippen LogP contribution is -2.54. The van der Waals surface area contributed by atoms with Crippen LogP contribution in [0.4, 0.5) is 0 Å². The van der Waals surface area contributed by atoms with Gasteiger partial charge in [0.05, 0.1) is 6.61 Å². The number of carbonyl (C=O) groups is 5. The van der Waals surface area contributed by atoms with E-state index in [4.69, 9.17) is 25.2 Å². The van der Waals surface area contributed by atoms with Gasteiger partial charge in [-0.3, -0.25) is 9.69 Å². The molecule has 12 heteroatoms. The lowest BCUT2D eigenvalue weighted by atomic mass is 9.99. The second-order valence-corrected chi connectivity index (χ2v) is 10.3. The molecule has 12 nitrogen and oxygen atoms in total. The average Bonchev–Trinajstić information content (AvgIpc) is 3.03. The Balaban J connectivity index is 0.000000365. The van der Waals surface area contributed by atoms with Crippen LogP contribution >= 0.6 is 0 Å². The summed E-state index contributed by atoms with van der Waals surface area (Å²) in [5.41, 5.74) is 1.42. The quantitative estimate of drug-likeness (QED) is 0.153. The van der Waals surface area contributed by atoms with Gasteiger partial charge < -0.3 is 30.1 Å². The number of hydrogen-bond donors (Lipinski definition) is 4. The van der Waals surface area contributed by atoms with Crippen LogP contribution in [0.1, 0.15) is 48.0 Å². The number of benzene rings is 2. The number of fused-ring (bicyclic) bond motifs is 1. The third-order valence-corrected chi connectivity index (χ3v) is 6.95. The fourth-order valence-corrected chi connectivity index (χ4v) is 4.79. The Kier molecular flexibility index (Phi) is 16.3. The number of aliphatic carboxylic acids is 4. The van der Waals surface area contributed by atoms with Crippen LogP contribution in [0.15, 0.2) is 78.9 Å². The molecule has 2 fully saturated rings. The number of carbonyl (C=O) groups excluding carboxylic acids is 1. The van der Waals surface area contributed by atoms with Crippen molar-refractivity contribution in [3.8, 4) is 5.75 Å². The molecule has 4 N–H and O–H groups in total. The molecule has 2 aromatic rings. The molecule has 45 heavy (non-hydrogen) atoms. The molecule has 0 amide bonds. The minimum absolute atomic E-state index is 0.0511. The van der Waals surface area contributed by atoms with Gasteiger partial charge >= 0.3 is 23.9 Å². The van der Waals surface area contributed by atoms with E-state index in [0.717, 1.165) is 30.4 Å². The van der Waals surface area contributed by atoms with Crippen LogP contribution in [0.25, 0.3) is 0 Å². The number of piperazine rings is 1. The molecule has 0 radical (unpaired) electrons. The third-order valence-electron chi connectivity index (χ3n) is 6.95. The van der Waals surface area contributed by atoms with E-state index in [-0.39, 0.29) is 5.78 Å². The Bertz CT molecular complexity index is 1240. The molecule has 2 aromatic carbocycles. The number of unbranched alkanes of at least 4 members (excludes halogenated alkanes) is 1. The van der Waals surface area contributed by atoms with E-state index in [9.17, 15) is 24.0 Å². The molecule has 2 heterocycles. The summed E-state index contributed by atoms with van der Waals surface area (Å²) in [7, 11) is 0. The Morgan fingerprint density at radius 3 is 1.80 bits per heavy atom. The first kappa shape index (κ1) is 36.4. The van der Waals surface area contributed by atoms with Gasteiger partial charge in [0.1, 0.15) is 5.75 Å². The molecular weight excluding hydrogens is 584 g/mol. The Labute approximate surface area is 261 Å². The SMILES string of the molecule is O=C(O)/C=C/C(=O)O.O=C(O)/C=C/C(=O)O.O=C(c1ccccc1)c1ccc(OCCCCN2CCN3CCCCC3C2)cc1. The lowest BCUT2D eigenvalue weighted by Gasteiger charge is -2.44. The first-order valence-corrected chi connectivity index (χ1v) is 14.6. The standard InChI is InChI=1S/C25H32N2O2.2C4H4O4/c28-25(21-8-2-1-3-9-21)22-11-13-24(14-12-22)29-19-7-6-15-26-17-18-27-16-5-4-10-23(27)20-26;2*5-3(6)1-2-4(7)8/h1-3,8-9,11-14,23H,4-7,10,15-20H2;2*1-2H,(H,5,6)(H,7,8)/b;2*2-1+. The third kappa shape index (κ3) is 15.5. The first-order valence-electron chi connectivity index (χ1n) is 14.6. The summed E-state index contributed by atoms with van der Waals surface area (Å²) in [5.74, 6) is -4.14. The summed E-state index contributed by atoms with van der Waals surface area (Å²) in [4.78, 5) is 56.0. The van der Waals surface area contributed by atoms with Crippen molar-refractivity contribution < 1.29 is 49.1 Å². The smallest absolute Gasteiger partial charge is 0.328 e. The van der Waals surface area contributed by atoms with Gasteiger partial charge in [-0.2, -0.15) is 0 Å². The van der Waals surface area contributed by atoms with Crippen molar-refractivity contribution in [2.45, 2.75) is 38.1 Å². The highest BCUT2D eigenvalue weighted by molar-refractivity contribution is 6.09. The molecule has 2 saturated heterocycles.